The van der Waals surface area contributed by atoms with Crippen LogP contribution in [-0.2, 0) is 16.1 Å². The molecule has 1 saturated heterocycles. The van der Waals surface area contributed by atoms with E-state index in [2.05, 4.69) is 20.9 Å². The Kier molecular flexibility index (Phi) is 5.94. The normalized spacial score (nSPS) is 21.2. The van der Waals surface area contributed by atoms with Crippen molar-refractivity contribution in [2.24, 2.45) is 0 Å². The summed E-state index contributed by atoms with van der Waals surface area (Å²) < 4.78 is 22.0. The number of hydrogen-bond acceptors (Lipinski definition) is 5. The molecule has 1 aliphatic carbocycles. The van der Waals surface area contributed by atoms with Crippen LogP contribution >= 0.6 is 38.9 Å². The van der Waals surface area contributed by atoms with Crippen molar-refractivity contribution in [1.82, 2.24) is 9.88 Å². The van der Waals surface area contributed by atoms with Gasteiger partial charge in [0.1, 0.15) is 18.0 Å². The number of alkyl halides is 1. The highest BCUT2D eigenvalue weighted by molar-refractivity contribution is 9.10. The number of benzene rings is 1. The first kappa shape index (κ1) is 21.8. The number of carbonyl (C=O) groups excluding carboxylic acids is 2. The number of thiophene rings is 1. The van der Waals surface area contributed by atoms with Crippen molar-refractivity contribution < 1.29 is 18.7 Å². The van der Waals surface area contributed by atoms with Gasteiger partial charge in [0.25, 0.3) is 0 Å². The summed E-state index contributed by atoms with van der Waals surface area (Å²) in [6.07, 6.45) is 2.72. The van der Waals surface area contributed by atoms with Gasteiger partial charge in [0.15, 0.2) is 0 Å². The highest BCUT2D eigenvalue weighted by atomic mass is 79.9. The predicted octanol–water partition coefficient (Wildman–Crippen LogP) is 6.30. The number of aromatic nitrogens is 1. The number of likely N-dealkylation sites (tertiary alicyclic amines) is 1. The van der Waals surface area contributed by atoms with Crippen LogP contribution in [0.1, 0.15) is 37.0 Å². The quantitative estimate of drug-likeness (QED) is 0.359. The monoisotopic (exact) mass is 536 g/mol. The maximum atomic E-state index is 14.3. The Hall–Kier alpha value is -2.03. The Labute approximate surface area is 201 Å². The standard InChI is InChI=1S/C23H19BrClFN2O3S/c24-16-9-12(25)8-15(22(16)31-19-3-1-2-17(19)26)14-6-7-27-18-10-13(32-23(14)18)11-28-20(29)4-5-21(28)30/h6-10,17,19H,1-5,11H2/t17-,19+/m0/s1. The van der Waals surface area contributed by atoms with Crippen molar-refractivity contribution in [2.75, 3.05) is 0 Å². The van der Waals surface area contributed by atoms with Crippen molar-refractivity contribution in [2.45, 2.75) is 50.9 Å². The van der Waals surface area contributed by atoms with Gasteiger partial charge in [-0.1, -0.05) is 11.6 Å². The minimum Gasteiger partial charge on any atom is -0.486 e. The van der Waals surface area contributed by atoms with Crippen LogP contribution in [0.3, 0.4) is 0 Å². The number of fused-ring (bicyclic) bond motifs is 1. The molecule has 2 atom stereocenters. The van der Waals surface area contributed by atoms with Crippen LogP contribution in [-0.4, -0.2) is 34.0 Å². The molecule has 0 N–H and O–H groups in total. The van der Waals surface area contributed by atoms with Crippen LogP contribution < -0.4 is 4.74 Å². The zero-order valence-electron chi connectivity index (χ0n) is 16.9. The van der Waals surface area contributed by atoms with Crippen LogP contribution in [0.2, 0.25) is 5.02 Å². The van der Waals surface area contributed by atoms with E-state index in [1.165, 1.54) is 16.2 Å². The van der Waals surface area contributed by atoms with Crippen LogP contribution in [0, 0.1) is 0 Å². The van der Waals surface area contributed by atoms with E-state index in [9.17, 15) is 14.0 Å². The average molecular weight is 538 g/mol. The Morgan fingerprint density at radius 2 is 1.97 bits per heavy atom. The summed E-state index contributed by atoms with van der Waals surface area (Å²) in [5.74, 6) is 0.260. The number of carbonyl (C=O) groups is 2. The van der Waals surface area contributed by atoms with Gasteiger partial charge in [-0.05, 0) is 59.5 Å². The minimum absolute atomic E-state index is 0.146. The zero-order valence-corrected chi connectivity index (χ0v) is 20.1. The molecule has 9 heteroatoms. The molecule has 3 aromatic rings. The largest absolute Gasteiger partial charge is 0.486 e. The van der Waals surface area contributed by atoms with Gasteiger partial charge >= 0.3 is 0 Å². The fourth-order valence-electron chi connectivity index (χ4n) is 4.28. The third-order valence-electron chi connectivity index (χ3n) is 5.87. The molecule has 0 unspecified atom stereocenters. The Morgan fingerprint density at radius 1 is 1.19 bits per heavy atom. The molecule has 2 aromatic heterocycles. The highest BCUT2D eigenvalue weighted by Crippen LogP contribution is 2.45. The van der Waals surface area contributed by atoms with Crippen molar-refractivity contribution in [3.05, 3.63) is 44.8 Å². The van der Waals surface area contributed by atoms with E-state index < -0.39 is 12.3 Å². The number of pyridine rings is 1. The highest BCUT2D eigenvalue weighted by Gasteiger charge is 2.31. The lowest BCUT2D eigenvalue weighted by molar-refractivity contribution is -0.138. The maximum Gasteiger partial charge on any atom is 0.230 e. The number of amides is 2. The van der Waals surface area contributed by atoms with Gasteiger partial charge < -0.3 is 4.74 Å². The predicted molar refractivity (Wildman–Crippen MR) is 126 cm³/mol. The molecule has 166 valence electrons. The van der Waals surface area contributed by atoms with Crippen molar-refractivity contribution in [1.29, 1.82) is 0 Å². The lowest BCUT2D eigenvalue weighted by Gasteiger charge is -2.20. The Morgan fingerprint density at radius 3 is 2.69 bits per heavy atom. The lowest BCUT2D eigenvalue weighted by atomic mass is 10.0. The van der Waals surface area contributed by atoms with Crippen LogP contribution in [0.4, 0.5) is 4.39 Å². The van der Waals surface area contributed by atoms with Gasteiger partial charge in [-0.2, -0.15) is 0 Å². The fraction of sp³-hybridized carbons (Fsp3) is 0.348. The second kappa shape index (κ2) is 8.72. The van der Waals surface area contributed by atoms with E-state index in [1.807, 2.05) is 18.2 Å². The molecule has 32 heavy (non-hydrogen) atoms. The number of imide groups is 1. The number of hydrogen-bond donors (Lipinski definition) is 0. The molecule has 0 radical (unpaired) electrons. The van der Waals surface area contributed by atoms with Crippen molar-refractivity contribution >= 4 is 60.9 Å². The molecule has 3 heterocycles. The summed E-state index contributed by atoms with van der Waals surface area (Å²) in [6, 6.07) is 7.33. The molecule has 5 nitrogen and oxygen atoms in total. The van der Waals surface area contributed by atoms with Crippen molar-refractivity contribution in [3.63, 3.8) is 0 Å². The van der Waals surface area contributed by atoms with E-state index in [4.69, 9.17) is 16.3 Å². The van der Waals surface area contributed by atoms with Gasteiger partial charge in [0.2, 0.25) is 11.8 Å². The van der Waals surface area contributed by atoms with E-state index in [0.717, 1.165) is 32.6 Å². The van der Waals surface area contributed by atoms with Gasteiger partial charge in [-0.15, -0.1) is 11.3 Å². The minimum atomic E-state index is -0.994. The molecule has 2 fully saturated rings. The second-order valence-corrected chi connectivity index (χ2v) is 10.5. The third-order valence-corrected chi connectivity index (χ3v) is 7.82. The summed E-state index contributed by atoms with van der Waals surface area (Å²) in [7, 11) is 0. The topological polar surface area (TPSA) is 59.5 Å². The zero-order chi connectivity index (χ0) is 22.4. The van der Waals surface area contributed by atoms with Gasteiger partial charge in [-0.25, -0.2) is 4.39 Å². The maximum absolute atomic E-state index is 14.3. The average Bonchev–Trinajstić information content (AvgIpc) is 3.44. The molecule has 1 aromatic carbocycles. The van der Waals surface area contributed by atoms with E-state index in [1.54, 1.807) is 12.3 Å². The molecule has 2 aliphatic rings. The molecule has 2 amide bonds. The molecule has 1 aliphatic heterocycles. The van der Waals surface area contributed by atoms with E-state index in [0.29, 0.717) is 28.1 Å². The molecule has 0 spiro atoms. The first-order chi connectivity index (χ1) is 15.4. The van der Waals surface area contributed by atoms with Gasteiger partial charge in [0, 0.05) is 40.1 Å². The SMILES string of the molecule is O=C1CCC(=O)N1Cc1cc2nccc(-c3cc(Cl)cc(Br)c3O[C@@H]3CCC[C@@H]3F)c2s1. The van der Waals surface area contributed by atoms with Crippen molar-refractivity contribution in [3.8, 4) is 16.9 Å². The van der Waals surface area contributed by atoms with E-state index in [-0.39, 0.29) is 31.2 Å². The second-order valence-electron chi connectivity index (χ2n) is 8.03. The summed E-state index contributed by atoms with van der Waals surface area (Å²) in [6.45, 7) is 0.242. The number of halogens is 3. The molecule has 0 bridgehead atoms. The van der Waals surface area contributed by atoms with E-state index >= 15 is 0 Å². The van der Waals surface area contributed by atoms with Crippen LogP contribution in [0.5, 0.6) is 5.75 Å². The molecule has 1 saturated carbocycles. The third kappa shape index (κ3) is 4.04. The number of rotatable bonds is 5. The fourth-order valence-corrected chi connectivity index (χ4v) is 6.31. The molecular formula is C23H19BrClFN2O3S. The summed E-state index contributed by atoms with van der Waals surface area (Å²) in [5, 5.41) is 0.525. The Balaban J connectivity index is 1.56. The molecule has 5 rings (SSSR count). The first-order valence-electron chi connectivity index (χ1n) is 10.4. The summed E-state index contributed by atoms with van der Waals surface area (Å²) in [5.41, 5.74) is 2.36. The number of ether oxygens (including phenoxy) is 1. The van der Waals surface area contributed by atoms with Gasteiger partial charge in [-0.3, -0.25) is 19.5 Å². The number of nitrogens with zero attached hydrogens (tertiary/aromatic N) is 2. The molecular weight excluding hydrogens is 519 g/mol. The summed E-state index contributed by atoms with van der Waals surface area (Å²) >= 11 is 11.4. The van der Waals surface area contributed by atoms with Gasteiger partial charge in [0.05, 0.1) is 21.2 Å². The summed E-state index contributed by atoms with van der Waals surface area (Å²) in [4.78, 5) is 30.7. The smallest absolute Gasteiger partial charge is 0.230 e. The lowest BCUT2D eigenvalue weighted by Crippen LogP contribution is -2.27. The first-order valence-corrected chi connectivity index (χ1v) is 12.4. The van der Waals surface area contributed by atoms with Crippen LogP contribution in [0.15, 0.2) is 34.9 Å². The Bertz CT molecular complexity index is 1220. The van der Waals surface area contributed by atoms with Crippen LogP contribution in [0.25, 0.3) is 21.3 Å².